The molecule has 0 spiro atoms. The number of aryl methyl sites for hydroxylation is 1. The zero-order valence-corrected chi connectivity index (χ0v) is 17.3. The van der Waals surface area contributed by atoms with Crippen LogP contribution < -0.4 is 10.5 Å². The molecule has 0 fully saturated rings. The lowest BCUT2D eigenvalue weighted by Gasteiger charge is -2.07. The van der Waals surface area contributed by atoms with Crippen LogP contribution in [-0.2, 0) is 6.42 Å². The van der Waals surface area contributed by atoms with E-state index in [0.29, 0.717) is 6.54 Å². The molecule has 0 aliphatic carbocycles. The number of nitrogens with two attached hydrogens (primary N) is 1. The van der Waals surface area contributed by atoms with Crippen LogP contribution in [0.5, 0.6) is 5.75 Å². The minimum absolute atomic E-state index is 0.693. The van der Waals surface area contributed by atoms with Crippen LogP contribution in [0.15, 0.2) is 24.3 Å². The maximum Gasteiger partial charge on any atom is 0.119 e. The van der Waals surface area contributed by atoms with E-state index in [1.807, 2.05) is 6.07 Å². The Bertz CT molecular complexity index is 418. The third-order valence-corrected chi connectivity index (χ3v) is 5.08. The zero-order valence-electron chi connectivity index (χ0n) is 17.3. The summed E-state index contributed by atoms with van der Waals surface area (Å²) in [6.45, 7) is 3.70. The van der Waals surface area contributed by atoms with Gasteiger partial charge in [0.05, 0.1) is 6.61 Å². The van der Waals surface area contributed by atoms with Crippen LogP contribution in [0.4, 0.5) is 0 Å². The highest BCUT2D eigenvalue weighted by Crippen LogP contribution is 2.17. The minimum atomic E-state index is 0.693. The third kappa shape index (κ3) is 13.2. The first-order chi connectivity index (χ1) is 12.9. The number of unbranched alkanes of at least 4 members (excludes halogenated alkanes) is 12. The van der Waals surface area contributed by atoms with Crippen LogP contribution in [0.1, 0.15) is 102 Å². The van der Waals surface area contributed by atoms with E-state index in [2.05, 4.69) is 25.1 Å². The van der Waals surface area contributed by atoms with Gasteiger partial charge in [0.25, 0.3) is 0 Å². The summed E-state index contributed by atoms with van der Waals surface area (Å²) in [4.78, 5) is 0. The Hall–Kier alpha value is -1.02. The SMILES string of the molecule is CCCCCCCCCCCCCCCc1cccc(OCCCN)c1. The van der Waals surface area contributed by atoms with E-state index in [9.17, 15) is 0 Å². The van der Waals surface area contributed by atoms with E-state index in [-0.39, 0.29) is 0 Å². The Labute approximate surface area is 162 Å². The van der Waals surface area contributed by atoms with E-state index in [1.54, 1.807) is 0 Å². The summed E-state index contributed by atoms with van der Waals surface area (Å²) in [7, 11) is 0. The molecule has 0 radical (unpaired) electrons. The van der Waals surface area contributed by atoms with Crippen LogP contribution >= 0.6 is 0 Å². The fraction of sp³-hybridized carbons (Fsp3) is 0.750. The average Bonchev–Trinajstić information content (AvgIpc) is 2.66. The number of hydrogen-bond donors (Lipinski definition) is 1. The largest absolute Gasteiger partial charge is 0.494 e. The van der Waals surface area contributed by atoms with Crippen LogP contribution in [0.25, 0.3) is 0 Å². The number of benzene rings is 1. The molecule has 1 aromatic rings. The summed E-state index contributed by atoms with van der Waals surface area (Å²) in [6.07, 6.45) is 20.4. The standard InChI is InChI=1S/C24H43NO/c1-2-3-4-5-6-7-8-9-10-11-12-13-14-17-23-18-15-19-24(22-23)26-21-16-20-25/h15,18-19,22H,2-14,16-17,20-21,25H2,1H3. The quantitative estimate of drug-likeness (QED) is 0.284. The second-order valence-electron chi connectivity index (χ2n) is 7.63. The first kappa shape index (κ1) is 23.0. The smallest absolute Gasteiger partial charge is 0.119 e. The molecule has 1 rings (SSSR count). The van der Waals surface area contributed by atoms with E-state index < -0.39 is 0 Å². The molecule has 150 valence electrons. The lowest BCUT2D eigenvalue weighted by atomic mass is 10.0. The fourth-order valence-corrected chi connectivity index (χ4v) is 3.41. The van der Waals surface area contributed by atoms with Crippen molar-refractivity contribution >= 4 is 0 Å². The summed E-state index contributed by atoms with van der Waals surface area (Å²) in [6, 6.07) is 8.56. The van der Waals surface area contributed by atoms with E-state index >= 15 is 0 Å². The number of hydrogen-bond acceptors (Lipinski definition) is 2. The molecule has 26 heavy (non-hydrogen) atoms. The summed E-state index contributed by atoms with van der Waals surface area (Å²) in [5.41, 5.74) is 6.91. The van der Waals surface area contributed by atoms with E-state index in [4.69, 9.17) is 10.5 Å². The van der Waals surface area contributed by atoms with Gasteiger partial charge in [0.2, 0.25) is 0 Å². The molecule has 0 heterocycles. The van der Waals surface area contributed by atoms with Gasteiger partial charge in [-0.05, 0) is 43.5 Å². The van der Waals surface area contributed by atoms with Gasteiger partial charge in [-0.1, -0.05) is 96.1 Å². The average molecular weight is 362 g/mol. The van der Waals surface area contributed by atoms with Crippen molar-refractivity contribution in [3.8, 4) is 5.75 Å². The van der Waals surface area contributed by atoms with Gasteiger partial charge in [-0.3, -0.25) is 0 Å². The van der Waals surface area contributed by atoms with Crippen LogP contribution in [0.2, 0.25) is 0 Å². The molecule has 0 aromatic heterocycles. The first-order valence-electron chi connectivity index (χ1n) is 11.3. The third-order valence-electron chi connectivity index (χ3n) is 5.08. The molecule has 0 unspecified atom stereocenters. The lowest BCUT2D eigenvalue weighted by Crippen LogP contribution is -2.06. The number of rotatable bonds is 18. The van der Waals surface area contributed by atoms with Crippen LogP contribution in [0, 0.1) is 0 Å². The van der Waals surface area contributed by atoms with E-state index in [1.165, 1.54) is 95.5 Å². The molecule has 0 bridgehead atoms. The first-order valence-corrected chi connectivity index (χ1v) is 11.3. The van der Waals surface area contributed by atoms with Gasteiger partial charge in [-0.15, -0.1) is 0 Å². The van der Waals surface area contributed by atoms with Crippen molar-refractivity contribution < 1.29 is 4.74 Å². The highest BCUT2D eigenvalue weighted by molar-refractivity contribution is 5.28. The molecule has 0 saturated heterocycles. The van der Waals surface area contributed by atoms with Gasteiger partial charge in [-0.2, -0.15) is 0 Å². The highest BCUT2D eigenvalue weighted by atomic mass is 16.5. The van der Waals surface area contributed by atoms with Crippen molar-refractivity contribution in [1.82, 2.24) is 0 Å². The molecule has 0 aliphatic heterocycles. The Morgan fingerprint density at radius 2 is 1.31 bits per heavy atom. The van der Waals surface area contributed by atoms with Crippen molar-refractivity contribution in [2.75, 3.05) is 13.2 Å². The van der Waals surface area contributed by atoms with Crippen molar-refractivity contribution in [3.05, 3.63) is 29.8 Å². The number of ether oxygens (including phenoxy) is 1. The van der Waals surface area contributed by atoms with Gasteiger partial charge in [-0.25, -0.2) is 0 Å². The second-order valence-corrected chi connectivity index (χ2v) is 7.63. The summed E-state index contributed by atoms with van der Waals surface area (Å²) in [5, 5.41) is 0. The predicted octanol–water partition coefficient (Wildman–Crippen LogP) is 7.05. The zero-order chi connectivity index (χ0) is 18.7. The van der Waals surface area contributed by atoms with Crippen molar-refractivity contribution in [2.24, 2.45) is 5.73 Å². The molecule has 0 amide bonds. The van der Waals surface area contributed by atoms with Gasteiger partial charge in [0.15, 0.2) is 0 Å². The maximum absolute atomic E-state index is 5.73. The summed E-state index contributed by atoms with van der Waals surface area (Å²) >= 11 is 0. The molecule has 0 atom stereocenters. The molecule has 2 heteroatoms. The van der Waals surface area contributed by atoms with Gasteiger partial charge >= 0.3 is 0 Å². The monoisotopic (exact) mass is 361 g/mol. The molecular weight excluding hydrogens is 318 g/mol. The van der Waals surface area contributed by atoms with E-state index in [0.717, 1.165) is 18.8 Å². The fourth-order valence-electron chi connectivity index (χ4n) is 3.41. The topological polar surface area (TPSA) is 35.2 Å². The van der Waals surface area contributed by atoms with Gasteiger partial charge < -0.3 is 10.5 Å². The predicted molar refractivity (Wildman–Crippen MR) is 115 cm³/mol. The molecule has 0 saturated carbocycles. The van der Waals surface area contributed by atoms with Crippen molar-refractivity contribution in [3.63, 3.8) is 0 Å². The lowest BCUT2D eigenvalue weighted by molar-refractivity contribution is 0.313. The summed E-state index contributed by atoms with van der Waals surface area (Å²) < 4.78 is 5.73. The molecule has 2 nitrogen and oxygen atoms in total. The van der Waals surface area contributed by atoms with Crippen molar-refractivity contribution in [2.45, 2.75) is 103 Å². The Morgan fingerprint density at radius 3 is 1.88 bits per heavy atom. The Kier molecular flexibility index (Phi) is 15.4. The van der Waals surface area contributed by atoms with Crippen LogP contribution in [-0.4, -0.2) is 13.2 Å². The normalized spacial score (nSPS) is 11.0. The molecule has 1 aromatic carbocycles. The Balaban J connectivity index is 1.92. The van der Waals surface area contributed by atoms with Crippen molar-refractivity contribution in [1.29, 1.82) is 0 Å². The Morgan fingerprint density at radius 1 is 0.731 bits per heavy atom. The van der Waals surface area contributed by atoms with Crippen LogP contribution in [0.3, 0.4) is 0 Å². The molecule has 0 aliphatic rings. The van der Waals surface area contributed by atoms with Gasteiger partial charge in [0, 0.05) is 0 Å². The van der Waals surface area contributed by atoms with Gasteiger partial charge in [0.1, 0.15) is 5.75 Å². The molecule has 2 N–H and O–H groups in total. The highest BCUT2D eigenvalue weighted by Gasteiger charge is 1.98. The minimum Gasteiger partial charge on any atom is -0.494 e. The molecular formula is C24H43NO. The second kappa shape index (κ2) is 17.4. The summed E-state index contributed by atoms with van der Waals surface area (Å²) in [5.74, 6) is 0.991. The maximum atomic E-state index is 5.73.